The van der Waals surface area contributed by atoms with Gasteiger partial charge in [0.2, 0.25) is 5.91 Å². The molecule has 1 aromatic carbocycles. The Morgan fingerprint density at radius 3 is 2.43 bits per heavy atom. The van der Waals surface area contributed by atoms with Gasteiger partial charge < -0.3 is 14.8 Å². The van der Waals surface area contributed by atoms with E-state index in [1.165, 1.54) is 0 Å². The van der Waals surface area contributed by atoms with Crippen molar-refractivity contribution in [3.8, 4) is 0 Å². The van der Waals surface area contributed by atoms with E-state index in [9.17, 15) is 4.79 Å². The lowest BCUT2D eigenvalue weighted by Gasteiger charge is -2.34. The molecule has 1 heterocycles. The van der Waals surface area contributed by atoms with E-state index in [1.807, 2.05) is 37.3 Å². The molecule has 5 heteroatoms. The van der Waals surface area contributed by atoms with Crippen molar-refractivity contribution in [2.24, 2.45) is 5.41 Å². The van der Waals surface area contributed by atoms with Gasteiger partial charge in [0.25, 0.3) is 0 Å². The number of benzene rings is 1. The number of nitrogens with one attached hydrogen (secondary N) is 1. The number of alkyl halides is 1. The molecule has 0 radical (unpaired) electrons. The topological polar surface area (TPSA) is 47.6 Å². The van der Waals surface area contributed by atoms with Crippen LogP contribution in [0.5, 0.6) is 0 Å². The zero-order valence-corrected chi connectivity index (χ0v) is 13.7. The predicted octanol–water partition coefficient (Wildman–Crippen LogP) is 2.78. The molecule has 2 fully saturated rings. The molecule has 114 valence electrons. The van der Waals surface area contributed by atoms with E-state index in [-0.39, 0.29) is 11.9 Å². The van der Waals surface area contributed by atoms with Crippen LogP contribution in [0.4, 0.5) is 0 Å². The fourth-order valence-electron chi connectivity index (χ4n) is 3.00. The zero-order valence-electron chi connectivity index (χ0n) is 12.1. The normalized spacial score (nSPS) is 23.5. The highest BCUT2D eigenvalue weighted by atomic mass is 79.9. The highest BCUT2D eigenvalue weighted by Crippen LogP contribution is 2.58. The summed E-state index contributed by atoms with van der Waals surface area (Å²) in [4.78, 5) is 12.8. The van der Waals surface area contributed by atoms with E-state index in [4.69, 9.17) is 9.47 Å². The smallest absolute Gasteiger partial charge is 0.232 e. The van der Waals surface area contributed by atoms with Crippen LogP contribution in [0.3, 0.4) is 0 Å². The van der Waals surface area contributed by atoms with Crippen molar-refractivity contribution in [3.63, 3.8) is 0 Å². The molecule has 1 aliphatic carbocycles. The minimum Gasteiger partial charge on any atom is -0.349 e. The summed E-state index contributed by atoms with van der Waals surface area (Å²) in [5, 5.41) is 3.64. The molecule has 4 nitrogen and oxygen atoms in total. The van der Waals surface area contributed by atoms with Gasteiger partial charge in [-0.1, -0.05) is 46.3 Å². The van der Waals surface area contributed by atoms with Crippen LogP contribution in [0.15, 0.2) is 30.3 Å². The largest absolute Gasteiger partial charge is 0.349 e. The zero-order chi connectivity index (χ0) is 14.9. The molecule has 21 heavy (non-hydrogen) atoms. The van der Waals surface area contributed by atoms with Crippen LogP contribution >= 0.6 is 15.9 Å². The van der Waals surface area contributed by atoms with Crippen LogP contribution in [-0.2, 0) is 14.3 Å². The lowest BCUT2D eigenvalue weighted by molar-refractivity contribution is -0.192. The molecule has 2 aliphatic rings. The number of hydrogen-bond acceptors (Lipinski definition) is 3. The second kappa shape index (κ2) is 5.71. The van der Waals surface area contributed by atoms with Gasteiger partial charge in [-0.05, 0) is 25.3 Å². The summed E-state index contributed by atoms with van der Waals surface area (Å²) in [7, 11) is 0. The van der Waals surface area contributed by atoms with E-state index in [1.54, 1.807) is 0 Å². The third-order valence-corrected chi connectivity index (χ3v) is 5.23. The highest BCUT2D eigenvalue weighted by Gasteiger charge is 2.67. The van der Waals surface area contributed by atoms with Gasteiger partial charge in [0.05, 0.1) is 24.6 Å². The number of halogens is 1. The van der Waals surface area contributed by atoms with Crippen LogP contribution in [0.25, 0.3) is 0 Å². The number of rotatable bonds is 5. The Hall–Kier alpha value is -0.910. The van der Waals surface area contributed by atoms with Gasteiger partial charge in [-0.25, -0.2) is 0 Å². The summed E-state index contributed by atoms with van der Waals surface area (Å²) in [5.74, 6) is -0.770. The number of carbonyl (C=O) groups is 1. The number of ether oxygens (including phenoxy) is 2. The van der Waals surface area contributed by atoms with E-state index < -0.39 is 11.2 Å². The monoisotopic (exact) mass is 353 g/mol. The Morgan fingerprint density at radius 2 is 1.90 bits per heavy atom. The van der Waals surface area contributed by atoms with Crippen LogP contribution in [0.1, 0.15) is 31.4 Å². The minimum atomic E-state index is -0.798. The molecule has 0 aromatic heterocycles. The molecule has 1 aliphatic heterocycles. The summed E-state index contributed by atoms with van der Waals surface area (Å²) in [6, 6.07) is 9.95. The van der Waals surface area contributed by atoms with Crippen molar-refractivity contribution >= 4 is 21.8 Å². The second-order valence-corrected chi connectivity index (χ2v) is 6.33. The van der Waals surface area contributed by atoms with Gasteiger partial charge in [0.1, 0.15) is 5.41 Å². The molecule has 3 rings (SSSR count). The van der Waals surface area contributed by atoms with Gasteiger partial charge >= 0.3 is 0 Å². The molecule has 1 N–H and O–H groups in total. The molecule has 1 aromatic rings. The maximum atomic E-state index is 12.8. The van der Waals surface area contributed by atoms with Crippen LogP contribution < -0.4 is 5.32 Å². The Bertz CT molecular complexity index is 510. The standard InChI is InChI=1S/C16H20BrNO3/c1-12(13-5-3-2-4-6-13)18-14(19)15(7-8-15)16(11-17)20-9-10-21-16/h2-6,12H,7-11H2,1H3,(H,18,19)/t12-/m1/s1. The van der Waals surface area contributed by atoms with E-state index in [0.29, 0.717) is 18.5 Å². The lowest BCUT2D eigenvalue weighted by atomic mass is 9.94. The summed E-state index contributed by atoms with van der Waals surface area (Å²) < 4.78 is 11.6. The van der Waals surface area contributed by atoms with Crippen molar-refractivity contribution in [3.05, 3.63) is 35.9 Å². The first-order valence-electron chi connectivity index (χ1n) is 7.33. The average Bonchev–Trinajstić information content (AvgIpc) is 3.20. The fraction of sp³-hybridized carbons (Fsp3) is 0.562. The van der Waals surface area contributed by atoms with Gasteiger partial charge in [0.15, 0.2) is 5.79 Å². The van der Waals surface area contributed by atoms with Crippen LogP contribution in [-0.4, -0.2) is 30.2 Å². The van der Waals surface area contributed by atoms with Crippen molar-refractivity contribution in [1.29, 1.82) is 0 Å². The predicted molar refractivity (Wildman–Crippen MR) is 83.1 cm³/mol. The third kappa shape index (κ3) is 2.51. The molecular formula is C16H20BrNO3. The van der Waals surface area contributed by atoms with Gasteiger partial charge in [-0.15, -0.1) is 0 Å². The molecule has 0 unspecified atom stereocenters. The Morgan fingerprint density at radius 1 is 1.29 bits per heavy atom. The quantitative estimate of drug-likeness (QED) is 0.828. The van der Waals surface area contributed by atoms with E-state index in [0.717, 1.165) is 18.4 Å². The minimum absolute atomic E-state index is 0.0232. The number of carbonyl (C=O) groups excluding carboxylic acids is 1. The van der Waals surface area contributed by atoms with Crippen molar-refractivity contribution < 1.29 is 14.3 Å². The summed E-state index contributed by atoms with van der Waals surface area (Å²) >= 11 is 3.46. The summed E-state index contributed by atoms with van der Waals surface area (Å²) in [6.45, 7) is 3.10. The third-order valence-electron chi connectivity index (χ3n) is 4.49. The number of hydrogen-bond donors (Lipinski definition) is 1. The maximum Gasteiger partial charge on any atom is 0.232 e. The molecule has 1 amide bonds. The van der Waals surface area contributed by atoms with E-state index in [2.05, 4.69) is 21.2 Å². The first-order chi connectivity index (χ1) is 10.1. The Labute approximate surface area is 133 Å². The molecule has 1 saturated heterocycles. The number of amides is 1. The molecule has 0 spiro atoms. The average molecular weight is 354 g/mol. The Balaban J connectivity index is 1.73. The van der Waals surface area contributed by atoms with Crippen molar-refractivity contribution in [2.75, 3.05) is 18.5 Å². The Kier molecular flexibility index (Phi) is 4.08. The molecular weight excluding hydrogens is 334 g/mol. The highest BCUT2D eigenvalue weighted by molar-refractivity contribution is 9.09. The van der Waals surface area contributed by atoms with E-state index >= 15 is 0 Å². The molecule has 0 bridgehead atoms. The molecule has 1 atom stereocenters. The first kappa shape index (κ1) is 15.0. The van der Waals surface area contributed by atoms with Gasteiger partial charge in [0, 0.05) is 0 Å². The fourth-order valence-corrected chi connectivity index (χ4v) is 3.86. The summed E-state index contributed by atoms with van der Waals surface area (Å²) in [5.41, 5.74) is 0.554. The first-order valence-corrected chi connectivity index (χ1v) is 8.45. The van der Waals surface area contributed by atoms with Crippen molar-refractivity contribution in [2.45, 2.75) is 31.6 Å². The summed E-state index contributed by atoms with van der Waals surface area (Å²) in [6.07, 6.45) is 1.62. The van der Waals surface area contributed by atoms with Crippen molar-refractivity contribution in [1.82, 2.24) is 5.32 Å². The van der Waals surface area contributed by atoms with Gasteiger partial charge in [-0.3, -0.25) is 4.79 Å². The lowest BCUT2D eigenvalue weighted by Crippen LogP contribution is -2.51. The maximum absolute atomic E-state index is 12.8. The van der Waals surface area contributed by atoms with Crippen LogP contribution in [0, 0.1) is 5.41 Å². The van der Waals surface area contributed by atoms with Crippen LogP contribution in [0.2, 0.25) is 0 Å². The SMILES string of the molecule is C[C@@H](NC(=O)C1(C2(CBr)OCCO2)CC1)c1ccccc1. The second-order valence-electron chi connectivity index (χ2n) is 5.77. The van der Waals surface area contributed by atoms with Gasteiger partial charge in [-0.2, -0.15) is 0 Å². The molecule has 1 saturated carbocycles.